The molecule has 66 valence electrons. The molecule has 3 nitrogen and oxygen atoms in total. The van der Waals surface area contributed by atoms with Gasteiger partial charge in [-0.1, -0.05) is 0 Å². The van der Waals surface area contributed by atoms with E-state index in [2.05, 4.69) is 14.7 Å². The summed E-state index contributed by atoms with van der Waals surface area (Å²) in [6.45, 7) is 0. The van der Waals surface area contributed by atoms with Crippen LogP contribution in [0.25, 0.3) is 11.4 Å². The van der Waals surface area contributed by atoms with Crippen molar-refractivity contribution in [3.05, 3.63) is 29.8 Å². The maximum Gasteiger partial charge on any atom is 0.172 e. The minimum absolute atomic E-state index is 0.799. The smallest absolute Gasteiger partial charge is 0.172 e. The van der Waals surface area contributed by atoms with Gasteiger partial charge in [-0.3, -0.25) is 0 Å². The zero-order chi connectivity index (χ0) is 9.10. The lowest BCUT2D eigenvalue weighted by atomic mass is 10.2. The molecule has 0 unspecified atom stereocenters. The summed E-state index contributed by atoms with van der Waals surface area (Å²) >= 11 is 1.37. The van der Waals surface area contributed by atoms with Crippen LogP contribution in [0.5, 0.6) is 0 Å². The minimum atomic E-state index is 0.799. The molecule has 0 spiro atoms. The van der Waals surface area contributed by atoms with Gasteiger partial charge in [-0.2, -0.15) is 4.37 Å². The molecule has 2 rings (SSSR count). The van der Waals surface area contributed by atoms with Crippen molar-refractivity contribution in [2.45, 2.75) is 0 Å². The molecule has 0 atom stereocenters. The number of benzene rings is 1. The fourth-order valence-corrected chi connectivity index (χ4v) is 1.53. The van der Waals surface area contributed by atoms with Crippen molar-refractivity contribution in [3.8, 4) is 11.4 Å². The Kier molecular flexibility index (Phi) is 2.23. The summed E-state index contributed by atoms with van der Waals surface area (Å²) in [5, 5.41) is 3.06. The van der Waals surface area contributed by atoms with E-state index in [9.17, 15) is 0 Å². The third kappa shape index (κ3) is 1.67. The number of nitrogens with zero attached hydrogens (tertiary/aromatic N) is 2. The lowest BCUT2D eigenvalue weighted by Crippen LogP contribution is -1.87. The average molecular weight is 191 g/mol. The van der Waals surface area contributed by atoms with Gasteiger partial charge in [0, 0.05) is 18.3 Å². The molecule has 4 heteroatoms. The molecule has 13 heavy (non-hydrogen) atoms. The van der Waals surface area contributed by atoms with Crippen LogP contribution in [0, 0.1) is 0 Å². The first-order chi connectivity index (χ1) is 6.40. The highest BCUT2D eigenvalue weighted by Crippen LogP contribution is 2.17. The highest BCUT2D eigenvalue weighted by Gasteiger charge is 1.99. The predicted octanol–water partition coefficient (Wildman–Crippen LogP) is 2.25. The highest BCUT2D eigenvalue weighted by atomic mass is 32.1. The Balaban J connectivity index is 2.33. The maximum absolute atomic E-state index is 4.15. The standard InChI is InChI=1S/C9H9N3S/c1-10-8-4-2-7(3-5-8)9-11-6-13-12-9/h2-6,10H,1H3. The molecule has 1 aromatic carbocycles. The van der Waals surface area contributed by atoms with Gasteiger partial charge < -0.3 is 5.32 Å². The SMILES string of the molecule is CNc1ccc(-c2ncsn2)cc1. The van der Waals surface area contributed by atoms with E-state index in [4.69, 9.17) is 0 Å². The number of nitrogens with one attached hydrogen (secondary N) is 1. The van der Waals surface area contributed by atoms with Crippen molar-refractivity contribution in [2.75, 3.05) is 12.4 Å². The molecular weight excluding hydrogens is 182 g/mol. The van der Waals surface area contributed by atoms with Gasteiger partial charge in [-0.15, -0.1) is 0 Å². The van der Waals surface area contributed by atoms with E-state index < -0.39 is 0 Å². The van der Waals surface area contributed by atoms with Gasteiger partial charge in [0.05, 0.1) is 0 Å². The quantitative estimate of drug-likeness (QED) is 0.791. The van der Waals surface area contributed by atoms with Crippen LogP contribution < -0.4 is 5.32 Å². The van der Waals surface area contributed by atoms with Crippen LogP contribution in [0.2, 0.25) is 0 Å². The lowest BCUT2D eigenvalue weighted by molar-refractivity contribution is 1.32. The molecule has 1 N–H and O–H groups in total. The Morgan fingerprint density at radius 2 is 2.00 bits per heavy atom. The van der Waals surface area contributed by atoms with E-state index in [1.165, 1.54) is 11.5 Å². The Hall–Kier alpha value is -1.42. The first-order valence-corrected chi connectivity index (χ1v) is 4.78. The molecular formula is C9H9N3S. The van der Waals surface area contributed by atoms with E-state index in [1.54, 1.807) is 5.51 Å². The number of hydrogen-bond donors (Lipinski definition) is 1. The van der Waals surface area contributed by atoms with Gasteiger partial charge in [0.25, 0.3) is 0 Å². The number of anilines is 1. The minimum Gasteiger partial charge on any atom is -0.388 e. The second kappa shape index (κ2) is 3.53. The van der Waals surface area contributed by atoms with Crippen molar-refractivity contribution >= 4 is 17.2 Å². The Labute approximate surface area is 80.6 Å². The van der Waals surface area contributed by atoms with Crippen LogP contribution >= 0.6 is 11.5 Å². The monoisotopic (exact) mass is 191 g/mol. The molecule has 0 saturated carbocycles. The summed E-state index contributed by atoms with van der Waals surface area (Å²) in [4.78, 5) is 4.13. The van der Waals surface area contributed by atoms with E-state index >= 15 is 0 Å². The van der Waals surface area contributed by atoms with E-state index in [1.807, 2.05) is 31.3 Å². The van der Waals surface area contributed by atoms with E-state index in [0.717, 1.165) is 17.1 Å². The molecule has 0 bridgehead atoms. The van der Waals surface area contributed by atoms with Crippen molar-refractivity contribution in [2.24, 2.45) is 0 Å². The van der Waals surface area contributed by atoms with E-state index in [-0.39, 0.29) is 0 Å². The molecule has 2 aromatic rings. The number of aromatic nitrogens is 2. The zero-order valence-corrected chi connectivity index (χ0v) is 8.01. The van der Waals surface area contributed by atoms with Gasteiger partial charge in [0.15, 0.2) is 5.82 Å². The Morgan fingerprint density at radius 3 is 2.54 bits per heavy atom. The molecule has 1 aromatic heterocycles. The summed E-state index contributed by atoms with van der Waals surface area (Å²) < 4.78 is 4.15. The number of rotatable bonds is 2. The van der Waals surface area contributed by atoms with Gasteiger partial charge in [0.2, 0.25) is 0 Å². The second-order valence-corrected chi connectivity index (χ2v) is 3.19. The van der Waals surface area contributed by atoms with Crippen molar-refractivity contribution in [1.29, 1.82) is 0 Å². The van der Waals surface area contributed by atoms with Gasteiger partial charge in [-0.25, -0.2) is 4.98 Å². The van der Waals surface area contributed by atoms with Crippen LogP contribution in [-0.4, -0.2) is 16.4 Å². The fraction of sp³-hybridized carbons (Fsp3) is 0.111. The third-order valence-corrected chi connectivity index (χ3v) is 2.27. The Morgan fingerprint density at radius 1 is 1.23 bits per heavy atom. The topological polar surface area (TPSA) is 37.8 Å². The average Bonchev–Trinajstić information content (AvgIpc) is 2.71. The maximum atomic E-state index is 4.15. The first kappa shape index (κ1) is 8.19. The highest BCUT2D eigenvalue weighted by molar-refractivity contribution is 7.03. The lowest BCUT2D eigenvalue weighted by Gasteiger charge is -1.99. The largest absolute Gasteiger partial charge is 0.388 e. The normalized spacial score (nSPS) is 9.92. The van der Waals surface area contributed by atoms with Gasteiger partial charge in [-0.05, 0) is 35.8 Å². The van der Waals surface area contributed by atoms with Crippen LogP contribution in [0.4, 0.5) is 5.69 Å². The summed E-state index contributed by atoms with van der Waals surface area (Å²) in [5.74, 6) is 0.799. The second-order valence-electron chi connectivity index (χ2n) is 2.58. The van der Waals surface area contributed by atoms with Gasteiger partial charge >= 0.3 is 0 Å². The Bertz CT molecular complexity index is 366. The molecule has 0 amide bonds. The van der Waals surface area contributed by atoms with Gasteiger partial charge in [0.1, 0.15) is 5.51 Å². The molecule has 0 aliphatic carbocycles. The molecule has 0 fully saturated rings. The molecule has 0 radical (unpaired) electrons. The third-order valence-electron chi connectivity index (χ3n) is 1.79. The molecule has 1 heterocycles. The predicted molar refractivity (Wildman–Crippen MR) is 54.9 cm³/mol. The van der Waals surface area contributed by atoms with E-state index in [0.29, 0.717) is 0 Å². The summed E-state index contributed by atoms with van der Waals surface area (Å²) in [5.41, 5.74) is 3.89. The van der Waals surface area contributed by atoms with Crippen molar-refractivity contribution in [1.82, 2.24) is 9.36 Å². The molecule has 0 saturated heterocycles. The van der Waals surface area contributed by atoms with Crippen molar-refractivity contribution < 1.29 is 0 Å². The molecule has 0 aliphatic rings. The first-order valence-electron chi connectivity index (χ1n) is 3.95. The summed E-state index contributed by atoms with van der Waals surface area (Å²) in [6, 6.07) is 8.04. The molecule has 0 aliphatic heterocycles. The fourth-order valence-electron chi connectivity index (χ4n) is 1.08. The van der Waals surface area contributed by atoms with Crippen molar-refractivity contribution in [3.63, 3.8) is 0 Å². The van der Waals surface area contributed by atoms with Crippen LogP contribution in [-0.2, 0) is 0 Å². The summed E-state index contributed by atoms with van der Waals surface area (Å²) in [6.07, 6.45) is 0. The van der Waals surface area contributed by atoms with Crippen LogP contribution in [0.15, 0.2) is 29.8 Å². The number of hydrogen-bond acceptors (Lipinski definition) is 4. The summed E-state index contributed by atoms with van der Waals surface area (Å²) in [7, 11) is 1.90. The zero-order valence-electron chi connectivity index (χ0n) is 7.19. The van der Waals surface area contributed by atoms with Crippen LogP contribution in [0.3, 0.4) is 0 Å². The van der Waals surface area contributed by atoms with Crippen LogP contribution in [0.1, 0.15) is 0 Å².